The predicted octanol–water partition coefficient (Wildman–Crippen LogP) is 2.94. The van der Waals surface area contributed by atoms with Gasteiger partial charge in [-0.05, 0) is 45.0 Å². The summed E-state index contributed by atoms with van der Waals surface area (Å²) in [6.07, 6.45) is 0.847. The second kappa shape index (κ2) is 6.25. The number of nitrogens with zero attached hydrogens (tertiary/aromatic N) is 1. The summed E-state index contributed by atoms with van der Waals surface area (Å²) in [6.45, 7) is 6.04. The molecule has 1 aromatic carbocycles. The lowest BCUT2D eigenvalue weighted by atomic mass is 10.0. The van der Waals surface area contributed by atoms with Crippen molar-refractivity contribution in [3.05, 3.63) is 28.2 Å². The number of hydrogen-bond acceptors (Lipinski definition) is 3. The second-order valence-electron chi connectivity index (χ2n) is 5.45. The normalized spacial score (nSPS) is 22.6. The Hall–Kier alpha value is -0.580. The molecule has 0 aromatic heterocycles. The SMILES string of the molecule is CNC(C)c1ccc(Br)cc1N1CCC(C(C)O)C1. The van der Waals surface area contributed by atoms with Gasteiger partial charge in [-0.3, -0.25) is 0 Å². The van der Waals surface area contributed by atoms with Gasteiger partial charge in [-0.25, -0.2) is 0 Å². The summed E-state index contributed by atoms with van der Waals surface area (Å²) < 4.78 is 1.11. The molecular weight excluding hydrogens is 304 g/mol. The van der Waals surface area contributed by atoms with Gasteiger partial charge in [0.25, 0.3) is 0 Å². The summed E-state index contributed by atoms with van der Waals surface area (Å²) in [7, 11) is 1.99. The van der Waals surface area contributed by atoms with Crippen LogP contribution in [0.5, 0.6) is 0 Å². The lowest BCUT2D eigenvalue weighted by molar-refractivity contribution is 0.136. The molecule has 0 spiro atoms. The lowest BCUT2D eigenvalue weighted by Gasteiger charge is -2.25. The first-order chi connectivity index (χ1) is 9.02. The topological polar surface area (TPSA) is 35.5 Å². The molecule has 1 aliphatic rings. The first-order valence-electron chi connectivity index (χ1n) is 6.92. The molecule has 1 heterocycles. The molecule has 4 heteroatoms. The fraction of sp³-hybridized carbons (Fsp3) is 0.600. The number of hydrogen-bond donors (Lipinski definition) is 2. The highest BCUT2D eigenvalue weighted by atomic mass is 79.9. The summed E-state index contributed by atoms with van der Waals surface area (Å²) in [5.41, 5.74) is 2.59. The minimum atomic E-state index is -0.220. The van der Waals surface area contributed by atoms with E-state index in [9.17, 15) is 5.11 Å². The standard InChI is InChI=1S/C15H23BrN2O/c1-10(17-3)14-5-4-13(16)8-15(14)18-7-6-12(9-18)11(2)19/h4-5,8,10-12,17,19H,6-7,9H2,1-3H3. The Morgan fingerprint density at radius 3 is 2.74 bits per heavy atom. The van der Waals surface area contributed by atoms with E-state index in [-0.39, 0.29) is 6.10 Å². The minimum absolute atomic E-state index is 0.220. The number of aliphatic hydroxyl groups excluding tert-OH is 1. The first kappa shape index (κ1) is 14.8. The molecule has 0 bridgehead atoms. The Bertz CT molecular complexity index is 436. The van der Waals surface area contributed by atoms with E-state index in [1.165, 1.54) is 11.3 Å². The summed E-state index contributed by atoms with van der Waals surface area (Å²) in [5, 5.41) is 13.1. The Morgan fingerprint density at radius 1 is 1.42 bits per heavy atom. The van der Waals surface area contributed by atoms with E-state index in [1.807, 2.05) is 14.0 Å². The highest BCUT2D eigenvalue weighted by molar-refractivity contribution is 9.10. The molecule has 1 saturated heterocycles. The van der Waals surface area contributed by atoms with Crippen molar-refractivity contribution >= 4 is 21.6 Å². The van der Waals surface area contributed by atoms with Gasteiger partial charge in [-0.15, -0.1) is 0 Å². The maximum atomic E-state index is 9.75. The van der Waals surface area contributed by atoms with Crippen molar-refractivity contribution in [2.45, 2.75) is 32.4 Å². The van der Waals surface area contributed by atoms with Crippen molar-refractivity contribution in [1.29, 1.82) is 0 Å². The van der Waals surface area contributed by atoms with Crippen LogP contribution in [0.25, 0.3) is 0 Å². The van der Waals surface area contributed by atoms with E-state index in [2.05, 4.69) is 51.3 Å². The average molecular weight is 327 g/mol. The number of aliphatic hydroxyl groups is 1. The van der Waals surface area contributed by atoms with Crippen LogP contribution in [0.4, 0.5) is 5.69 Å². The van der Waals surface area contributed by atoms with Crippen LogP contribution in [-0.2, 0) is 0 Å². The average Bonchev–Trinajstić information content (AvgIpc) is 2.87. The van der Waals surface area contributed by atoms with Gasteiger partial charge in [0.2, 0.25) is 0 Å². The molecule has 1 aromatic rings. The van der Waals surface area contributed by atoms with E-state index >= 15 is 0 Å². The van der Waals surface area contributed by atoms with Crippen LogP contribution in [0.15, 0.2) is 22.7 Å². The largest absolute Gasteiger partial charge is 0.393 e. The molecule has 0 aliphatic carbocycles. The smallest absolute Gasteiger partial charge is 0.0557 e. The number of nitrogens with one attached hydrogen (secondary N) is 1. The molecule has 106 valence electrons. The molecule has 2 rings (SSSR count). The van der Waals surface area contributed by atoms with Crippen molar-refractivity contribution in [1.82, 2.24) is 5.32 Å². The number of anilines is 1. The van der Waals surface area contributed by atoms with Crippen molar-refractivity contribution in [2.75, 3.05) is 25.0 Å². The summed E-state index contributed by atoms with van der Waals surface area (Å²) in [6, 6.07) is 6.78. The van der Waals surface area contributed by atoms with Crippen molar-refractivity contribution in [2.24, 2.45) is 5.92 Å². The fourth-order valence-electron chi connectivity index (χ4n) is 2.71. The molecule has 0 radical (unpaired) electrons. The Morgan fingerprint density at radius 2 is 2.16 bits per heavy atom. The van der Waals surface area contributed by atoms with E-state index in [0.717, 1.165) is 24.0 Å². The Kier molecular flexibility index (Phi) is 4.87. The monoisotopic (exact) mass is 326 g/mol. The second-order valence-corrected chi connectivity index (χ2v) is 6.36. The highest BCUT2D eigenvalue weighted by Crippen LogP contribution is 2.33. The Labute approximate surface area is 124 Å². The van der Waals surface area contributed by atoms with Crippen molar-refractivity contribution < 1.29 is 5.11 Å². The molecule has 3 nitrogen and oxygen atoms in total. The molecule has 19 heavy (non-hydrogen) atoms. The predicted molar refractivity (Wildman–Crippen MR) is 83.6 cm³/mol. The molecule has 1 aliphatic heterocycles. The molecule has 0 saturated carbocycles. The zero-order chi connectivity index (χ0) is 14.0. The molecular formula is C15H23BrN2O. The molecule has 0 amide bonds. The zero-order valence-corrected chi connectivity index (χ0v) is 13.4. The van der Waals surface area contributed by atoms with Gasteiger partial charge in [0.05, 0.1) is 6.10 Å². The summed E-state index contributed by atoms with van der Waals surface area (Å²) in [5.74, 6) is 0.386. The molecule has 3 unspecified atom stereocenters. The van der Waals surface area contributed by atoms with Gasteiger partial charge in [0.15, 0.2) is 0 Å². The van der Waals surface area contributed by atoms with Crippen LogP contribution < -0.4 is 10.2 Å². The van der Waals surface area contributed by atoms with Crippen LogP contribution >= 0.6 is 15.9 Å². The Balaban J connectivity index is 2.26. The number of rotatable bonds is 4. The van der Waals surface area contributed by atoms with Crippen molar-refractivity contribution in [3.8, 4) is 0 Å². The van der Waals surface area contributed by atoms with Gasteiger partial charge in [0.1, 0.15) is 0 Å². The van der Waals surface area contributed by atoms with E-state index in [1.54, 1.807) is 0 Å². The maximum absolute atomic E-state index is 9.75. The minimum Gasteiger partial charge on any atom is -0.393 e. The zero-order valence-electron chi connectivity index (χ0n) is 11.9. The summed E-state index contributed by atoms with van der Waals surface area (Å²) >= 11 is 3.56. The molecule has 1 fully saturated rings. The van der Waals surface area contributed by atoms with Crippen LogP contribution in [0.2, 0.25) is 0 Å². The van der Waals surface area contributed by atoms with E-state index in [0.29, 0.717) is 12.0 Å². The number of halogens is 1. The lowest BCUT2D eigenvalue weighted by Crippen LogP contribution is -2.26. The number of benzene rings is 1. The van der Waals surface area contributed by atoms with Crippen molar-refractivity contribution in [3.63, 3.8) is 0 Å². The van der Waals surface area contributed by atoms with Gasteiger partial charge >= 0.3 is 0 Å². The van der Waals surface area contributed by atoms with Crippen LogP contribution in [-0.4, -0.2) is 31.3 Å². The highest BCUT2D eigenvalue weighted by Gasteiger charge is 2.28. The molecule has 2 N–H and O–H groups in total. The third-order valence-electron chi connectivity index (χ3n) is 4.14. The third-order valence-corrected chi connectivity index (χ3v) is 4.63. The van der Waals surface area contributed by atoms with Gasteiger partial charge in [-0.2, -0.15) is 0 Å². The van der Waals surface area contributed by atoms with E-state index < -0.39 is 0 Å². The van der Waals surface area contributed by atoms with Crippen LogP contribution in [0.3, 0.4) is 0 Å². The first-order valence-corrected chi connectivity index (χ1v) is 7.72. The quantitative estimate of drug-likeness (QED) is 0.893. The van der Waals surface area contributed by atoms with Crippen LogP contribution in [0.1, 0.15) is 31.9 Å². The fourth-order valence-corrected chi connectivity index (χ4v) is 3.06. The summed E-state index contributed by atoms with van der Waals surface area (Å²) in [4.78, 5) is 2.39. The van der Waals surface area contributed by atoms with Crippen LogP contribution in [0, 0.1) is 5.92 Å². The van der Waals surface area contributed by atoms with Gasteiger partial charge < -0.3 is 15.3 Å². The van der Waals surface area contributed by atoms with E-state index in [4.69, 9.17) is 0 Å². The molecule has 3 atom stereocenters. The van der Waals surface area contributed by atoms with Gasteiger partial charge in [0, 0.05) is 35.2 Å². The third kappa shape index (κ3) is 3.30. The maximum Gasteiger partial charge on any atom is 0.0557 e. The van der Waals surface area contributed by atoms with Gasteiger partial charge in [-0.1, -0.05) is 22.0 Å².